The van der Waals surface area contributed by atoms with E-state index in [1.807, 2.05) is 33.9 Å². The number of hydrogen-bond acceptors (Lipinski definition) is 6. The minimum atomic E-state index is 0.250. The molecule has 1 amide bonds. The molecule has 1 atom stereocenters. The molecule has 1 aliphatic carbocycles. The number of carbonyl (C=O) groups excluding carboxylic acids is 1. The van der Waals surface area contributed by atoms with Gasteiger partial charge in [0.25, 0.3) is 0 Å². The number of fused-ring (bicyclic) bond motifs is 1. The maximum Gasteiger partial charge on any atom is 0.204 e. The summed E-state index contributed by atoms with van der Waals surface area (Å²) in [6, 6.07) is 8.70. The Kier molecular flexibility index (Phi) is 13.0. The number of primary amides is 1. The molecule has 8 nitrogen and oxygen atoms in total. The molecular weight excluding hydrogens is 628 g/mol. The molecule has 1 aromatic carbocycles. The number of nitrogens with zero attached hydrogens (tertiary/aromatic N) is 5. The van der Waals surface area contributed by atoms with Gasteiger partial charge in [-0.15, -0.1) is 11.8 Å². The molecule has 3 aromatic heterocycles. The summed E-state index contributed by atoms with van der Waals surface area (Å²) >= 11 is 4.14. The van der Waals surface area contributed by atoms with Crippen LogP contribution in [0.2, 0.25) is 0 Å². The zero-order chi connectivity index (χ0) is 28.4. The van der Waals surface area contributed by atoms with E-state index in [-0.39, 0.29) is 6.41 Å². The molecule has 0 radical (unpaired) electrons. The van der Waals surface area contributed by atoms with Crippen molar-refractivity contribution in [3.05, 3.63) is 47.7 Å². The van der Waals surface area contributed by atoms with Crippen molar-refractivity contribution >= 4 is 69.1 Å². The average molecular weight is 668 g/mol. The van der Waals surface area contributed by atoms with Gasteiger partial charge in [-0.05, 0) is 79.3 Å². The van der Waals surface area contributed by atoms with E-state index in [0.29, 0.717) is 12.3 Å². The lowest BCUT2D eigenvalue weighted by Crippen LogP contribution is -1.99. The Hall–Kier alpha value is -2.17. The Morgan fingerprint density at radius 2 is 1.79 bits per heavy atom. The van der Waals surface area contributed by atoms with Crippen LogP contribution in [0.3, 0.4) is 0 Å². The maximum atomic E-state index is 8.58. The van der Waals surface area contributed by atoms with Gasteiger partial charge >= 0.3 is 0 Å². The summed E-state index contributed by atoms with van der Waals surface area (Å²) in [5.74, 6) is 2.58. The third kappa shape index (κ3) is 7.27. The van der Waals surface area contributed by atoms with Crippen LogP contribution in [0.25, 0.3) is 22.6 Å². The van der Waals surface area contributed by atoms with Crippen molar-refractivity contribution in [1.82, 2.24) is 23.9 Å². The highest BCUT2D eigenvalue weighted by atomic mass is 127. The van der Waals surface area contributed by atoms with Gasteiger partial charge < -0.3 is 15.6 Å². The number of benzene rings is 1. The van der Waals surface area contributed by atoms with E-state index in [1.54, 1.807) is 11.8 Å². The van der Waals surface area contributed by atoms with Crippen LogP contribution in [0.5, 0.6) is 0 Å². The molecule has 1 saturated carbocycles. The number of amides is 1. The largest absolute Gasteiger partial charge is 0.372 e. The fourth-order valence-corrected chi connectivity index (χ4v) is 6.53. The number of aromatic nitrogens is 5. The summed E-state index contributed by atoms with van der Waals surface area (Å²) < 4.78 is 4.34. The second kappa shape index (κ2) is 15.4. The van der Waals surface area contributed by atoms with Gasteiger partial charge in [0, 0.05) is 41.0 Å². The van der Waals surface area contributed by atoms with E-state index < -0.39 is 0 Å². The lowest BCUT2D eigenvalue weighted by molar-refractivity contribution is -0.106. The topological polar surface area (TPSA) is 104 Å². The Morgan fingerprint density at radius 1 is 1.13 bits per heavy atom. The normalized spacial score (nSPS) is 12.2. The third-order valence-corrected chi connectivity index (χ3v) is 8.76. The molecule has 11 heteroatoms. The van der Waals surface area contributed by atoms with Crippen LogP contribution in [0.15, 0.2) is 35.4 Å². The summed E-state index contributed by atoms with van der Waals surface area (Å²) in [5, 5.41) is 3.69. The number of halogens is 1. The quantitative estimate of drug-likeness (QED) is 0.0944. The lowest BCUT2D eigenvalue weighted by atomic mass is 10.1. The molecule has 0 aliphatic heterocycles. The van der Waals surface area contributed by atoms with Crippen molar-refractivity contribution < 1.29 is 4.79 Å². The number of nitrogens with two attached hydrogens (primary N) is 1. The molecule has 1 fully saturated rings. The number of anilines is 2. The molecule has 3 N–H and O–H groups in total. The predicted octanol–water partition coefficient (Wildman–Crippen LogP) is 7.74. The molecule has 3 heterocycles. The summed E-state index contributed by atoms with van der Waals surface area (Å²) in [4.78, 5) is 24.2. The Morgan fingerprint density at radius 3 is 2.32 bits per heavy atom. The highest BCUT2D eigenvalue weighted by Gasteiger charge is 2.27. The Labute approximate surface area is 245 Å². The molecule has 1 unspecified atom stereocenters. The second-order valence-corrected chi connectivity index (χ2v) is 11.0. The number of nitrogens with one attached hydrogen (secondary N) is 1. The van der Waals surface area contributed by atoms with Gasteiger partial charge in [-0.1, -0.05) is 27.7 Å². The van der Waals surface area contributed by atoms with Crippen LogP contribution in [-0.2, 0) is 11.8 Å². The maximum absolute atomic E-state index is 8.58. The van der Waals surface area contributed by atoms with Crippen LogP contribution < -0.4 is 11.1 Å². The van der Waals surface area contributed by atoms with Crippen LogP contribution in [0, 0.1) is 13.8 Å². The SMILES string of the molecule is CC.CC.CSc1cc(-c2ncc(C)n2C)ccc1Nc1cc(C2CC2)nc2c1nc(C)n2PI.NC=O. The molecule has 0 saturated heterocycles. The molecule has 4 aromatic rings. The second-order valence-electron chi connectivity index (χ2n) is 8.08. The fourth-order valence-electron chi connectivity index (χ4n) is 3.80. The first kappa shape index (κ1) is 32.0. The van der Waals surface area contributed by atoms with Crippen molar-refractivity contribution in [2.24, 2.45) is 12.8 Å². The van der Waals surface area contributed by atoms with Gasteiger partial charge in [-0.3, -0.25) is 9.13 Å². The summed E-state index contributed by atoms with van der Waals surface area (Å²) in [6.07, 6.45) is 7.32. The summed E-state index contributed by atoms with van der Waals surface area (Å²) in [6.45, 7) is 12.1. The van der Waals surface area contributed by atoms with Crippen LogP contribution >= 0.6 is 40.2 Å². The Balaban J connectivity index is 0.000000665. The molecule has 1 aliphatic rings. The van der Waals surface area contributed by atoms with E-state index in [1.165, 1.54) is 23.4 Å². The van der Waals surface area contributed by atoms with Gasteiger partial charge in [0.2, 0.25) is 6.41 Å². The van der Waals surface area contributed by atoms with Crippen molar-refractivity contribution in [3.8, 4) is 11.4 Å². The van der Waals surface area contributed by atoms with Gasteiger partial charge in [-0.2, -0.15) is 0 Å². The number of thioether (sulfide) groups is 1. The monoisotopic (exact) mass is 667 g/mol. The Bertz CT molecular complexity index is 1350. The average Bonchev–Trinajstić information content (AvgIpc) is 3.67. The molecule has 0 bridgehead atoms. The van der Waals surface area contributed by atoms with E-state index >= 15 is 0 Å². The lowest BCUT2D eigenvalue weighted by Gasteiger charge is -2.14. The summed E-state index contributed by atoms with van der Waals surface area (Å²) in [5.41, 5.74) is 11.7. The zero-order valence-corrected chi connectivity index (χ0v) is 27.4. The van der Waals surface area contributed by atoms with Crippen molar-refractivity contribution in [1.29, 1.82) is 0 Å². The predicted molar refractivity (Wildman–Crippen MR) is 173 cm³/mol. The van der Waals surface area contributed by atoms with E-state index in [9.17, 15) is 0 Å². The highest BCUT2D eigenvalue weighted by Crippen LogP contribution is 2.43. The minimum Gasteiger partial charge on any atom is -0.372 e. The van der Waals surface area contributed by atoms with Gasteiger partial charge in [0.15, 0.2) is 5.65 Å². The molecular formula is C27H39IN7OPS. The first-order valence-corrected chi connectivity index (χ1v) is 18.1. The number of pyridine rings is 1. The van der Waals surface area contributed by atoms with E-state index in [4.69, 9.17) is 14.8 Å². The number of carbonyl (C=O) groups is 1. The number of aryl methyl sites for hydroxylation is 2. The number of rotatable bonds is 6. The highest BCUT2D eigenvalue weighted by molar-refractivity contribution is 14.2. The summed E-state index contributed by atoms with van der Waals surface area (Å²) in [7, 11) is 2.06. The fraction of sp³-hybridized carbons (Fsp3) is 0.407. The molecule has 0 spiro atoms. The standard InChI is InChI=1S/C22H24IN6PS.2C2H6.CH3NO/c1-12-11-24-21(28(12)3)15-7-8-16(19(9-15)31-4)26-18-10-17(14-5-6-14)27-22-20(18)25-13(2)29(22)30-23;2*1-2;2-1-3/h7-11,14,30H,5-6H2,1-4H3,(H,26,27);2*1-2H3;1H,(H2,2,3). The molecule has 38 heavy (non-hydrogen) atoms. The minimum absolute atomic E-state index is 0.250. The van der Waals surface area contributed by atoms with Gasteiger partial charge in [0.05, 0.1) is 17.7 Å². The van der Waals surface area contributed by atoms with Crippen LogP contribution in [0.4, 0.5) is 11.4 Å². The third-order valence-electron chi connectivity index (χ3n) is 5.83. The van der Waals surface area contributed by atoms with E-state index in [2.05, 4.69) is 98.4 Å². The molecule has 5 rings (SSSR count). The first-order chi connectivity index (χ1) is 18.4. The van der Waals surface area contributed by atoms with Crippen molar-refractivity contribution in [2.75, 3.05) is 11.6 Å². The van der Waals surface area contributed by atoms with Crippen LogP contribution in [0.1, 0.15) is 63.7 Å². The van der Waals surface area contributed by atoms with Gasteiger partial charge in [-0.25, -0.2) is 15.0 Å². The zero-order valence-electron chi connectivity index (χ0n) is 23.5. The number of imidazole rings is 2. The number of hydrogen-bond donors (Lipinski definition) is 2. The van der Waals surface area contributed by atoms with Crippen molar-refractivity contribution in [3.63, 3.8) is 0 Å². The smallest absolute Gasteiger partial charge is 0.204 e. The molecule has 206 valence electrons. The van der Waals surface area contributed by atoms with Gasteiger partial charge in [0.1, 0.15) is 17.2 Å². The van der Waals surface area contributed by atoms with Crippen LogP contribution in [-0.4, -0.2) is 36.5 Å². The first-order valence-electron chi connectivity index (χ1n) is 12.8. The van der Waals surface area contributed by atoms with Crippen molar-refractivity contribution in [2.45, 2.75) is 65.2 Å². The van der Waals surface area contributed by atoms with E-state index in [0.717, 1.165) is 45.4 Å².